The van der Waals surface area contributed by atoms with E-state index in [9.17, 15) is 0 Å². The van der Waals surface area contributed by atoms with E-state index in [-0.39, 0.29) is 0 Å². The quantitative estimate of drug-likeness (QED) is 0.641. The minimum Gasteiger partial charge on any atom is -0.381 e. The van der Waals surface area contributed by atoms with Crippen molar-refractivity contribution in [1.82, 2.24) is 5.10 Å². The van der Waals surface area contributed by atoms with Crippen LogP contribution in [0.25, 0.3) is 17.1 Å². The summed E-state index contributed by atoms with van der Waals surface area (Å²) in [7, 11) is 0. The first kappa shape index (κ1) is 10.7. The van der Waals surface area contributed by atoms with Crippen molar-refractivity contribution in [2.45, 2.75) is 6.92 Å². The molecule has 0 saturated carbocycles. The van der Waals surface area contributed by atoms with Crippen LogP contribution in [0.5, 0.6) is 0 Å². The summed E-state index contributed by atoms with van der Waals surface area (Å²) in [6.45, 7) is 1.91. The van der Waals surface area contributed by atoms with Crippen LogP contribution in [0, 0.1) is 6.92 Å². The third-order valence-electron chi connectivity index (χ3n) is 2.75. The highest BCUT2D eigenvalue weighted by molar-refractivity contribution is 5.51. The Morgan fingerprint density at radius 1 is 0.889 bits per heavy atom. The predicted octanol–water partition coefficient (Wildman–Crippen LogP) is 2.93. The molecular weight excluding hydrogens is 224 g/mol. The van der Waals surface area contributed by atoms with Crippen molar-refractivity contribution in [2.24, 2.45) is 0 Å². The number of para-hydroxylation sites is 1. The normalized spacial score (nSPS) is 10.5. The lowest BCUT2D eigenvalue weighted by molar-refractivity contribution is -0.666. The molecule has 0 aliphatic rings. The molecule has 3 heteroatoms. The number of aromatic nitrogens is 2. The van der Waals surface area contributed by atoms with Gasteiger partial charge < -0.3 is 4.42 Å². The van der Waals surface area contributed by atoms with Gasteiger partial charge in [-0.05, 0) is 16.8 Å². The third kappa shape index (κ3) is 1.91. The van der Waals surface area contributed by atoms with E-state index < -0.39 is 0 Å². The summed E-state index contributed by atoms with van der Waals surface area (Å²) in [4.78, 5) is 0. The molecule has 18 heavy (non-hydrogen) atoms. The van der Waals surface area contributed by atoms with Crippen LogP contribution >= 0.6 is 0 Å². The molecular formula is C15H13N2O+. The smallest absolute Gasteiger partial charge is 0.377 e. The number of nitrogens with zero attached hydrogens (tertiary/aromatic N) is 2. The minimum absolute atomic E-state index is 0.636. The average Bonchev–Trinajstić information content (AvgIpc) is 2.83. The Kier molecular flexibility index (Phi) is 2.65. The van der Waals surface area contributed by atoms with Crippen LogP contribution in [0.15, 0.2) is 65.1 Å². The van der Waals surface area contributed by atoms with E-state index in [4.69, 9.17) is 4.42 Å². The lowest BCUT2D eigenvalue weighted by Crippen LogP contribution is -2.35. The lowest BCUT2D eigenvalue weighted by Gasteiger charge is -1.88. The molecule has 0 aliphatic carbocycles. The molecule has 0 N–H and O–H groups in total. The van der Waals surface area contributed by atoms with Gasteiger partial charge in [-0.15, -0.1) is 0 Å². The van der Waals surface area contributed by atoms with Gasteiger partial charge in [0.2, 0.25) is 5.69 Å². The second kappa shape index (κ2) is 4.45. The Balaban J connectivity index is 2.07. The van der Waals surface area contributed by atoms with Gasteiger partial charge in [0, 0.05) is 22.8 Å². The Bertz CT molecular complexity index is 645. The standard InChI is InChI=1S/C15H13N2O/c1-12-17(14-10-6-3-7-11-14)16-15(18-12)13-8-4-2-5-9-13/h2-11H,1H3/q+1. The van der Waals surface area contributed by atoms with Gasteiger partial charge in [0.1, 0.15) is 0 Å². The van der Waals surface area contributed by atoms with Gasteiger partial charge in [0.15, 0.2) is 0 Å². The zero-order valence-corrected chi connectivity index (χ0v) is 10.1. The van der Waals surface area contributed by atoms with Crippen LogP contribution in [0.1, 0.15) is 5.89 Å². The first-order valence-corrected chi connectivity index (χ1v) is 5.85. The van der Waals surface area contributed by atoms with Crippen LogP contribution in [0.2, 0.25) is 0 Å². The maximum atomic E-state index is 5.71. The van der Waals surface area contributed by atoms with Crippen LogP contribution in [0.3, 0.4) is 0 Å². The highest BCUT2D eigenvalue weighted by Crippen LogP contribution is 2.16. The first-order valence-electron chi connectivity index (χ1n) is 5.85. The molecule has 0 bridgehead atoms. The SMILES string of the molecule is Cc1oc(-c2ccccc2)n[n+]1-c1ccccc1. The second-order valence-electron chi connectivity index (χ2n) is 4.04. The van der Waals surface area contributed by atoms with Crippen LogP contribution in [-0.2, 0) is 0 Å². The first-order chi connectivity index (χ1) is 8.84. The third-order valence-corrected chi connectivity index (χ3v) is 2.75. The maximum Gasteiger partial charge on any atom is 0.377 e. The van der Waals surface area contributed by atoms with Gasteiger partial charge in [-0.1, -0.05) is 36.4 Å². The van der Waals surface area contributed by atoms with E-state index in [0.717, 1.165) is 17.1 Å². The molecule has 3 aromatic rings. The molecule has 2 aromatic carbocycles. The molecule has 3 rings (SSSR count). The van der Waals surface area contributed by atoms with E-state index >= 15 is 0 Å². The fourth-order valence-electron chi connectivity index (χ4n) is 1.87. The molecule has 0 spiro atoms. The van der Waals surface area contributed by atoms with Gasteiger partial charge in [0.05, 0.1) is 6.92 Å². The molecule has 0 amide bonds. The van der Waals surface area contributed by atoms with Gasteiger partial charge in [-0.25, -0.2) is 0 Å². The monoisotopic (exact) mass is 237 g/mol. The second-order valence-corrected chi connectivity index (χ2v) is 4.04. The summed E-state index contributed by atoms with van der Waals surface area (Å²) in [5, 5.41) is 4.50. The van der Waals surface area contributed by atoms with E-state index in [0.29, 0.717) is 5.89 Å². The fourth-order valence-corrected chi connectivity index (χ4v) is 1.87. The van der Waals surface area contributed by atoms with Gasteiger partial charge >= 0.3 is 5.89 Å². The van der Waals surface area contributed by atoms with E-state index in [1.165, 1.54) is 0 Å². The van der Waals surface area contributed by atoms with E-state index in [1.54, 1.807) is 0 Å². The topological polar surface area (TPSA) is 29.9 Å². The van der Waals surface area contributed by atoms with Gasteiger partial charge in [-0.2, -0.15) is 0 Å². The summed E-state index contributed by atoms with van der Waals surface area (Å²) >= 11 is 0. The highest BCUT2D eigenvalue weighted by atomic mass is 16.4. The molecule has 3 nitrogen and oxygen atoms in total. The highest BCUT2D eigenvalue weighted by Gasteiger charge is 2.20. The zero-order chi connectivity index (χ0) is 12.4. The Hall–Kier alpha value is -2.42. The summed E-state index contributed by atoms with van der Waals surface area (Å²) in [6.07, 6.45) is 0. The van der Waals surface area contributed by atoms with Crippen LogP contribution in [0.4, 0.5) is 0 Å². The molecule has 0 aliphatic heterocycles. The zero-order valence-electron chi connectivity index (χ0n) is 10.1. The maximum absolute atomic E-state index is 5.71. The fraction of sp³-hybridized carbons (Fsp3) is 0.0667. The van der Waals surface area contributed by atoms with Crippen molar-refractivity contribution in [3.8, 4) is 17.1 Å². The molecule has 0 atom stereocenters. The average molecular weight is 237 g/mol. The van der Waals surface area contributed by atoms with Crippen molar-refractivity contribution in [2.75, 3.05) is 0 Å². The van der Waals surface area contributed by atoms with E-state index in [2.05, 4.69) is 5.10 Å². The Labute approximate surface area is 105 Å². The van der Waals surface area contributed by atoms with Crippen molar-refractivity contribution < 1.29 is 9.10 Å². The van der Waals surface area contributed by atoms with Crippen LogP contribution < -0.4 is 4.68 Å². The van der Waals surface area contributed by atoms with Crippen molar-refractivity contribution in [3.63, 3.8) is 0 Å². The molecule has 0 fully saturated rings. The Morgan fingerprint density at radius 3 is 2.17 bits per heavy atom. The number of rotatable bonds is 2. The van der Waals surface area contributed by atoms with E-state index in [1.807, 2.05) is 72.3 Å². The summed E-state index contributed by atoms with van der Waals surface area (Å²) < 4.78 is 7.51. The molecule has 88 valence electrons. The predicted molar refractivity (Wildman–Crippen MR) is 68.2 cm³/mol. The number of benzene rings is 2. The molecule has 0 radical (unpaired) electrons. The number of hydrogen-bond donors (Lipinski definition) is 0. The largest absolute Gasteiger partial charge is 0.381 e. The van der Waals surface area contributed by atoms with Crippen LogP contribution in [-0.4, -0.2) is 5.10 Å². The summed E-state index contributed by atoms with van der Waals surface area (Å²) in [5.74, 6) is 1.40. The molecule has 1 aromatic heterocycles. The molecule has 1 heterocycles. The van der Waals surface area contributed by atoms with Crippen molar-refractivity contribution in [1.29, 1.82) is 0 Å². The van der Waals surface area contributed by atoms with Gasteiger partial charge in [-0.3, -0.25) is 0 Å². The lowest BCUT2D eigenvalue weighted by atomic mass is 10.2. The molecule has 0 unspecified atom stereocenters. The van der Waals surface area contributed by atoms with Crippen molar-refractivity contribution >= 4 is 0 Å². The van der Waals surface area contributed by atoms with Crippen molar-refractivity contribution in [3.05, 3.63) is 66.6 Å². The summed E-state index contributed by atoms with van der Waals surface area (Å²) in [5.41, 5.74) is 1.98. The minimum atomic E-state index is 0.636. The number of hydrogen-bond acceptors (Lipinski definition) is 2. The molecule has 0 saturated heterocycles. The number of aryl methyl sites for hydroxylation is 1. The van der Waals surface area contributed by atoms with Gasteiger partial charge in [0.25, 0.3) is 5.89 Å². The summed E-state index contributed by atoms with van der Waals surface area (Å²) in [6, 6.07) is 19.9. The Morgan fingerprint density at radius 2 is 1.50 bits per heavy atom.